The Kier molecular flexibility index (Phi) is 1.63. The van der Waals surface area contributed by atoms with E-state index < -0.39 is 0 Å². The Balaban J connectivity index is 3.07. The first-order valence-electron chi connectivity index (χ1n) is 3.29. The van der Waals surface area contributed by atoms with Gasteiger partial charge in [-0.1, -0.05) is 0 Å². The molecule has 0 aliphatic rings. The van der Waals surface area contributed by atoms with Crippen molar-refractivity contribution < 1.29 is 0 Å². The second-order valence-corrected chi connectivity index (χ2v) is 3.43. The minimum atomic E-state index is -0.157. The monoisotopic (exact) mass is 276 g/mol. The van der Waals surface area contributed by atoms with Gasteiger partial charge in [-0.25, -0.2) is 0 Å². The van der Waals surface area contributed by atoms with E-state index in [0.29, 0.717) is 5.52 Å². The molecule has 0 saturated carbocycles. The fourth-order valence-electron chi connectivity index (χ4n) is 0.980. The second kappa shape index (κ2) is 2.54. The van der Waals surface area contributed by atoms with Crippen molar-refractivity contribution in [2.75, 3.05) is 0 Å². The standard InChI is InChI=1S/C6H5IN4O/c1-3-4(7)5-6(12)8-2-9-11(5)10-3/h2H,1H3,(H,8,9,12). The van der Waals surface area contributed by atoms with Crippen LogP contribution in [0, 0.1) is 10.5 Å². The lowest BCUT2D eigenvalue weighted by Gasteiger charge is -1.87. The smallest absolute Gasteiger partial charge is 0.278 e. The summed E-state index contributed by atoms with van der Waals surface area (Å²) in [6.07, 6.45) is 1.33. The van der Waals surface area contributed by atoms with Crippen molar-refractivity contribution in [1.82, 2.24) is 19.8 Å². The first-order valence-corrected chi connectivity index (χ1v) is 4.37. The second-order valence-electron chi connectivity index (χ2n) is 2.36. The molecular formula is C6H5IN4O. The van der Waals surface area contributed by atoms with Crippen LogP contribution in [-0.4, -0.2) is 19.8 Å². The van der Waals surface area contributed by atoms with Gasteiger partial charge in [0.05, 0.1) is 9.26 Å². The van der Waals surface area contributed by atoms with Gasteiger partial charge in [0.1, 0.15) is 6.33 Å². The quantitative estimate of drug-likeness (QED) is 0.705. The van der Waals surface area contributed by atoms with Crippen LogP contribution in [-0.2, 0) is 0 Å². The zero-order valence-electron chi connectivity index (χ0n) is 6.21. The average Bonchev–Trinajstić information content (AvgIpc) is 2.29. The molecule has 2 aromatic heterocycles. The maximum absolute atomic E-state index is 11.3. The summed E-state index contributed by atoms with van der Waals surface area (Å²) >= 11 is 2.08. The molecule has 5 nitrogen and oxygen atoms in total. The van der Waals surface area contributed by atoms with Gasteiger partial charge in [-0.3, -0.25) is 4.79 Å². The summed E-state index contributed by atoms with van der Waals surface area (Å²) in [7, 11) is 0. The lowest BCUT2D eigenvalue weighted by molar-refractivity contribution is 0.763. The van der Waals surface area contributed by atoms with E-state index in [9.17, 15) is 4.79 Å². The molecule has 2 heterocycles. The molecule has 6 heteroatoms. The third-order valence-electron chi connectivity index (χ3n) is 1.55. The van der Waals surface area contributed by atoms with Crippen LogP contribution in [0.2, 0.25) is 0 Å². The number of aryl methyl sites for hydroxylation is 1. The maximum Gasteiger partial charge on any atom is 0.278 e. The predicted molar refractivity (Wildman–Crippen MR) is 51.1 cm³/mol. The molecule has 2 aromatic rings. The van der Waals surface area contributed by atoms with Crippen molar-refractivity contribution >= 4 is 28.1 Å². The highest BCUT2D eigenvalue weighted by atomic mass is 127. The molecule has 0 fully saturated rings. The van der Waals surface area contributed by atoms with Crippen molar-refractivity contribution in [3.63, 3.8) is 0 Å². The summed E-state index contributed by atoms with van der Waals surface area (Å²) in [5, 5.41) is 7.92. The van der Waals surface area contributed by atoms with E-state index in [-0.39, 0.29) is 5.56 Å². The van der Waals surface area contributed by atoms with E-state index in [1.807, 2.05) is 6.92 Å². The first kappa shape index (κ1) is 7.71. The number of nitrogens with zero attached hydrogens (tertiary/aromatic N) is 3. The molecule has 0 amide bonds. The van der Waals surface area contributed by atoms with E-state index in [0.717, 1.165) is 9.26 Å². The number of hydrogen-bond acceptors (Lipinski definition) is 3. The number of nitrogens with one attached hydrogen (secondary N) is 1. The Morgan fingerprint density at radius 3 is 3.08 bits per heavy atom. The molecule has 0 aromatic carbocycles. The number of rotatable bonds is 0. The summed E-state index contributed by atoms with van der Waals surface area (Å²) in [4.78, 5) is 13.7. The van der Waals surface area contributed by atoms with Gasteiger partial charge < -0.3 is 4.98 Å². The molecule has 0 saturated heterocycles. The minimum absolute atomic E-state index is 0.157. The number of H-pyrrole nitrogens is 1. The van der Waals surface area contributed by atoms with E-state index >= 15 is 0 Å². The zero-order chi connectivity index (χ0) is 8.72. The fourth-order valence-corrected chi connectivity index (χ4v) is 1.55. The third-order valence-corrected chi connectivity index (χ3v) is 2.84. The van der Waals surface area contributed by atoms with Gasteiger partial charge in [0.25, 0.3) is 5.56 Å². The summed E-state index contributed by atoms with van der Waals surface area (Å²) < 4.78 is 2.19. The number of aromatic amines is 1. The number of halogens is 1. The largest absolute Gasteiger partial charge is 0.310 e. The van der Waals surface area contributed by atoms with E-state index in [4.69, 9.17) is 0 Å². The lowest BCUT2D eigenvalue weighted by atomic mass is 10.4. The Hall–Kier alpha value is -0.920. The van der Waals surface area contributed by atoms with Crippen molar-refractivity contribution in [3.8, 4) is 0 Å². The van der Waals surface area contributed by atoms with Crippen molar-refractivity contribution in [1.29, 1.82) is 0 Å². The Bertz CT molecular complexity index is 486. The van der Waals surface area contributed by atoms with Gasteiger partial charge >= 0.3 is 0 Å². The molecule has 0 aliphatic carbocycles. The molecule has 0 bridgehead atoms. The van der Waals surface area contributed by atoms with Gasteiger partial charge in [-0.2, -0.15) is 5.10 Å². The minimum Gasteiger partial charge on any atom is -0.310 e. The lowest BCUT2D eigenvalue weighted by Crippen LogP contribution is -2.11. The van der Waals surface area contributed by atoms with Gasteiger partial charge in [0.2, 0.25) is 0 Å². The van der Waals surface area contributed by atoms with Crippen LogP contribution in [0.1, 0.15) is 5.69 Å². The highest BCUT2D eigenvalue weighted by molar-refractivity contribution is 14.1. The molecule has 0 radical (unpaired) electrons. The van der Waals surface area contributed by atoms with Gasteiger partial charge in [-0.15, -0.1) is 9.73 Å². The Labute approximate surface area is 80.9 Å². The number of hydrogen-bond donors (Lipinski definition) is 1. The first-order chi connectivity index (χ1) is 5.70. The van der Waals surface area contributed by atoms with Crippen molar-refractivity contribution in [2.45, 2.75) is 6.92 Å². The van der Waals surface area contributed by atoms with E-state index in [2.05, 4.69) is 37.8 Å². The van der Waals surface area contributed by atoms with E-state index in [1.54, 1.807) is 0 Å². The molecule has 12 heavy (non-hydrogen) atoms. The normalized spacial score (nSPS) is 10.8. The van der Waals surface area contributed by atoms with Gasteiger partial charge in [-0.05, 0) is 29.5 Å². The Morgan fingerprint density at radius 2 is 2.42 bits per heavy atom. The van der Waals surface area contributed by atoms with Crippen LogP contribution in [0.15, 0.2) is 11.1 Å². The summed E-state index contributed by atoms with van der Waals surface area (Å²) in [6.45, 7) is 1.84. The summed E-state index contributed by atoms with van der Waals surface area (Å²) in [5.41, 5.74) is 1.17. The molecule has 0 atom stereocenters. The average molecular weight is 276 g/mol. The zero-order valence-corrected chi connectivity index (χ0v) is 8.36. The van der Waals surface area contributed by atoms with Crippen molar-refractivity contribution in [3.05, 3.63) is 25.9 Å². The van der Waals surface area contributed by atoms with Crippen LogP contribution >= 0.6 is 22.6 Å². The van der Waals surface area contributed by atoms with Crippen LogP contribution in [0.4, 0.5) is 0 Å². The number of fused-ring (bicyclic) bond motifs is 1. The summed E-state index contributed by atoms with van der Waals surface area (Å²) in [6, 6.07) is 0. The SMILES string of the molecule is Cc1nn2nc[nH]c(=O)c2c1I. The topological polar surface area (TPSA) is 63.1 Å². The molecule has 2 rings (SSSR count). The van der Waals surface area contributed by atoms with E-state index in [1.165, 1.54) is 11.0 Å². The van der Waals surface area contributed by atoms with Crippen molar-refractivity contribution in [2.24, 2.45) is 0 Å². The third kappa shape index (κ3) is 0.942. The molecule has 0 spiro atoms. The molecule has 62 valence electrons. The number of aromatic nitrogens is 4. The maximum atomic E-state index is 11.3. The fraction of sp³-hybridized carbons (Fsp3) is 0.167. The summed E-state index contributed by atoms with van der Waals surface area (Å²) in [5.74, 6) is 0. The molecule has 1 N–H and O–H groups in total. The highest BCUT2D eigenvalue weighted by Gasteiger charge is 2.09. The van der Waals surface area contributed by atoms with Crippen LogP contribution in [0.25, 0.3) is 5.52 Å². The Morgan fingerprint density at radius 1 is 1.67 bits per heavy atom. The molecule has 0 unspecified atom stereocenters. The van der Waals surface area contributed by atoms with Gasteiger partial charge in [0, 0.05) is 0 Å². The predicted octanol–water partition coefficient (Wildman–Crippen LogP) is 0.331. The van der Waals surface area contributed by atoms with Crippen LogP contribution in [0.3, 0.4) is 0 Å². The van der Waals surface area contributed by atoms with Crippen LogP contribution < -0.4 is 5.56 Å². The van der Waals surface area contributed by atoms with Gasteiger partial charge in [0.15, 0.2) is 5.52 Å². The molecule has 0 aliphatic heterocycles. The molecular weight excluding hydrogens is 271 g/mol. The van der Waals surface area contributed by atoms with Crippen LogP contribution in [0.5, 0.6) is 0 Å². The highest BCUT2D eigenvalue weighted by Crippen LogP contribution is 2.11.